The Bertz CT molecular complexity index is 1140. The molecule has 1 aliphatic carbocycles. The SMILES string of the molecule is Cc1cc(C(C)(C)C)cc(-c2cccc3c2=c2ccccc2=3)c1C. The van der Waals surface area contributed by atoms with E-state index >= 15 is 0 Å². The van der Waals surface area contributed by atoms with Crippen LogP contribution in [-0.2, 0) is 5.41 Å². The molecule has 0 saturated carbocycles. The molecule has 0 heterocycles. The van der Waals surface area contributed by atoms with Crippen LogP contribution in [0, 0.1) is 34.7 Å². The van der Waals surface area contributed by atoms with Crippen molar-refractivity contribution in [2.75, 3.05) is 0 Å². The maximum absolute atomic E-state index is 2.40. The topological polar surface area (TPSA) is 0 Å². The van der Waals surface area contributed by atoms with Gasteiger partial charge in [0, 0.05) is 0 Å². The second-order valence-electron chi connectivity index (χ2n) is 7.99. The van der Waals surface area contributed by atoms with Crippen molar-refractivity contribution in [3.8, 4) is 11.1 Å². The van der Waals surface area contributed by atoms with Crippen LogP contribution in [0.25, 0.3) is 11.1 Å². The lowest BCUT2D eigenvalue weighted by Crippen LogP contribution is -2.12. The average Bonchev–Trinajstić information content (AvgIpc) is 2.53. The second-order valence-corrected chi connectivity index (χ2v) is 7.99. The van der Waals surface area contributed by atoms with Gasteiger partial charge in [-0.15, -0.1) is 0 Å². The molecule has 0 radical (unpaired) electrons. The molecule has 0 fully saturated rings. The van der Waals surface area contributed by atoms with Gasteiger partial charge in [-0.2, -0.15) is 0 Å². The molecule has 0 atom stereocenters. The van der Waals surface area contributed by atoms with Crippen molar-refractivity contribution in [1.82, 2.24) is 0 Å². The van der Waals surface area contributed by atoms with Crippen molar-refractivity contribution in [1.29, 1.82) is 0 Å². The molecule has 1 aliphatic rings. The summed E-state index contributed by atoms with van der Waals surface area (Å²) in [6, 6.07) is 20.2. The molecule has 120 valence electrons. The Hall–Kier alpha value is -2.34. The van der Waals surface area contributed by atoms with E-state index in [4.69, 9.17) is 0 Å². The van der Waals surface area contributed by atoms with E-state index < -0.39 is 0 Å². The zero-order valence-electron chi connectivity index (χ0n) is 15.2. The number of fused-ring (bicyclic) bond motifs is 2. The summed E-state index contributed by atoms with van der Waals surface area (Å²) in [5, 5.41) is 5.58. The van der Waals surface area contributed by atoms with Gasteiger partial charge in [0.1, 0.15) is 0 Å². The molecule has 24 heavy (non-hydrogen) atoms. The van der Waals surface area contributed by atoms with Crippen LogP contribution >= 0.6 is 0 Å². The van der Waals surface area contributed by atoms with E-state index in [1.165, 1.54) is 48.7 Å². The fourth-order valence-corrected chi connectivity index (χ4v) is 3.74. The van der Waals surface area contributed by atoms with Gasteiger partial charge in [0.2, 0.25) is 0 Å². The third kappa shape index (κ3) is 2.13. The first kappa shape index (κ1) is 15.2. The van der Waals surface area contributed by atoms with Crippen LogP contribution in [-0.4, -0.2) is 0 Å². The largest absolute Gasteiger partial charge is 0.0616 e. The van der Waals surface area contributed by atoms with E-state index in [-0.39, 0.29) is 5.41 Å². The lowest BCUT2D eigenvalue weighted by molar-refractivity contribution is 0.590. The highest BCUT2D eigenvalue weighted by Gasteiger charge is 2.18. The first-order valence-electron chi connectivity index (χ1n) is 8.73. The second kappa shape index (κ2) is 5.08. The number of aryl methyl sites for hydroxylation is 1. The average molecular weight is 312 g/mol. The summed E-state index contributed by atoms with van der Waals surface area (Å²) in [6.45, 7) is 11.4. The molecule has 0 bridgehead atoms. The highest BCUT2D eigenvalue weighted by Crippen LogP contribution is 2.34. The molecule has 0 aromatic heterocycles. The van der Waals surface area contributed by atoms with E-state index in [2.05, 4.69) is 89.2 Å². The summed E-state index contributed by atoms with van der Waals surface area (Å²) in [4.78, 5) is 0. The van der Waals surface area contributed by atoms with Crippen LogP contribution in [0.4, 0.5) is 0 Å². The first-order valence-corrected chi connectivity index (χ1v) is 8.73. The first-order chi connectivity index (χ1) is 11.4. The third-order valence-electron chi connectivity index (χ3n) is 5.37. The number of hydrogen-bond donors (Lipinski definition) is 0. The summed E-state index contributed by atoms with van der Waals surface area (Å²) >= 11 is 0. The summed E-state index contributed by atoms with van der Waals surface area (Å²) in [6.07, 6.45) is 0. The van der Waals surface area contributed by atoms with Crippen molar-refractivity contribution in [2.45, 2.75) is 40.0 Å². The van der Waals surface area contributed by atoms with E-state index in [9.17, 15) is 0 Å². The minimum Gasteiger partial charge on any atom is -0.0616 e. The van der Waals surface area contributed by atoms with Gasteiger partial charge in [-0.1, -0.05) is 75.4 Å². The Morgan fingerprint density at radius 2 is 1.33 bits per heavy atom. The van der Waals surface area contributed by atoms with Gasteiger partial charge in [-0.25, -0.2) is 0 Å². The van der Waals surface area contributed by atoms with Crippen molar-refractivity contribution in [2.24, 2.45) is 0 Å². The van der Waals surface area contributed by atoms with Gasteiger partial charge in [0.05, 0.1) is 0 Å². The van der Waals surface area contributed by atoms with Gasteiger partial charge in [0.25, 0.3) is 0 Å². The Labute approximate surface area is 143 Å². The van der Waals surface area contributed by atoms with Crippen LogP contribution in [0.15, 0.2) is 54.6 Å². The monoisotopic (exact) mass is 312 g/mol. The molecule has 0 N–H and O–H groups in total. The van der Waals surface area contributed by atoms with Crippen molar-refractivity contribution >= 4 is 0 Å². The maximum Gasteiger partial charge on any atom is -0.00203 e. The minimum atomic E-state index is 0.160. The zero-order chi connectivity index (χ0) is 17.1. The lowest BCUT2D eigenvalue weighted by Gasteiger charge is -2.23. The molecular formula is C24H24. The molecule has 0 aliphatic heterocycles. The van der Waals surface area contributed by atoms with Crippen LogP contribution in [0.5, 0.6) is 0 Å². The molecule has 3 aromatic rings. The fourth-order valence-electron chi connectivity index (χ4n) is 3.74. The summed E-state index contributed by atoms with van der Waals surface area (Å²) in [7, 11) is 0. The fraction of sp³-hybridized carbons (Fsp3) is 0.250. The number of benzene rings is 3. The maximum atomic E-state index is 2.40. The van der Waals surface area contributed by atoms with Gasteiger partial charge in [0.15, 0.2) is 0 Å². The Morgan fingerprint density at radius 3 is 2.04 bits per heavy atom. The van der Waals surface area contributed by atoms with Crippen LogP contribution < -0.4 is 0 Å². The van der Waals surface area contributed by atoms with E-state index in [1.807, 2.05) is 0 Å². The van der Waals surface area contributed by atoms with Crippen molar-refractivity contribution < 1.29 is 0 Å². The van der Waals surface area contributed by atoms with Crippen molar-refractivity contribution in [3.63, 3.8) is 0 Å². The Morgan fingerprint density at radius 1 is 0.667 bits per heavy atom. The number of hydrogen-bond acceptors (Lipinski definition) is 0. The molecule has 3 aromatic carbocycles. The van der Waals surface area contributed by atoms with Crippen LogP contribution in [0.3, 0.4) is 0 Å². The van der Waals surface area contributed by atoms with Crippen molar-refractivity contribution in [3.05, 3.63) is 92.2 Å². The standard InChI is InChI=1S/C24H24/c1-15-13-17(24(3,4)5)14-22(16(15)2)21-12-8-11-20-18-9-6-7-10-19(18)23(20)21/h6-14H,1-5H3. The quantitative estimate of drug-likeness (QED) is 0.395. The summed E-state index contributed by atoms with van der Waals surface area (Å²) < 4.78 is 0. The van der Waals surface area contributed by atoms with Crippen LogP contribution in [0.1, 0.15) is 37.5 Å². The molecule has 4 rings (SSSR count). The molecule has 0 nitrogen and oxygen atoms in total. The molecule has 0 saturated heterocycles. The predicted octanol–water partition coefficient (Wildman–Crippen LogP) is 6.16. The zero-order valence-corrected chi connectivity index (χ0v) is 15.2. The van der Waals surface area contributed by atoms with Gasteiger partial charge in [-0.3, -0.25) is 0 Å². The van der Waals surface area contributed by atoms with E-state index in [0.29, 0.717) is 0 Å². The summed E-state index contributed by atoms with van der Waals surface area (Å²) in [5.74, 6) is 0. The van der Waals surface area contributed by atoms with Crippen LogP contribution in [0.2, 0.25) is 0 Å². The normalized spacial score (nSPS) is 12.4. The van der Waals surface area contributed by atoms with E-state index in [1.54, 1.807) is 0 Å². The molecule has 0 heteroatoms. The minimum absolute atomic E-state index is 0.160. The highest BCUT2D eigenvalue weighted by atomic mass is 14.2. The molecular weight excluding hydrogens is 288 g/mol. The number of rotatable bonds is 1. The summed E-state index contributed by atoms with van der Waals surface area (Å²) in [5.41, 5.74) is 7.09. The Kier molecular flexibility index (Phi) is 3.22. The predicted molar refractivity (Wildman–Crippen MR) is 102 cm³/mol. The molecule has 0 unspecified atom stereocenters. The highest BCUT2D eigenvalue weighted by molar-refractivity contribution is 5.71. The van der Waals surface area contributed by atoms with Gasteiger partial charge >= 0.3 is 0 Å². The smallest absolute Gasteiger partial charge is 0.00203 e. The van der Waals surface area contributed by atoms with Gasteiger partial charge < -0.3 is 0 Å². The van der Waals surface area contributed by atoms with Gasteiger partial charge in [-0.05, 0) is 68.0 Å². The molecule has 0 amide bonds. The van der Waals surface area contributed by atoms with E-state index in [0.717, 1.165) is 0 Å². The third-order valence-corrected chi connectivity index (χ3v) is 5.37. The molecule has 0 spiro atoms. The lowest BCUT2D eigenvalue weighted by atomic mass is 9.81. The Balaban J connectivity index is 2.09.